The molecule has 0 saturated carbocycles. The summed E-state index contributed by atoms with van der Waals surface area (Å²) in [6, 6.07) is 0. The van der Waals surface area contributed by atoms with Crippen LogP contribution in [0, 0.1) is 5.41 Å². The van der Waals surface area contributed by atoms with Gasteiger partial charge >= 0.3 is 0 Å². The van der Waals surface area contributed by atoms with E-state index in [0.717, 1.165) is 0 Å². The minimum Gasteiger partial charge on any atom is -0.265 e. The second-order valence-corrected chi connectivity index (χ2v) is 10.2. The fraction of sp³-hybridized carbons (Fsp3) is 0.700. The number of rotatable bonds is 1. The largest absolute Gasteiger partial charge is 0.265 e. The van der Waals surface area contributed by atoms with E-state index < -0.39 is 8.07 Å². The molecule has 0 N–H and O–H groups in total. The quantitative estimate of drug-likeness (QED) is 0.551. The summed E-state index contributed by atoms with van der Waals surface area (Å²) in [5.41, 5.74) is 1.49. The van der Waals surface area contributed by atoms with E-state index in [1.54, 1.807) is 5.20 Å². The van der Waals surface area contributed by atoms with Crippen molar-refractivity contribution >= 4 is 13.8 Å². The number of hydrogen-bond acceptors (Lipinski definition) is 1. The molecule has 0 atom stereocenters. The van der Waals surface area contributed by atoms with Crippen LogP contribution in [0.1, 0.15) is 20.8 Å². The highest BCUT2D eigenvalue weighted by molar-refractivity contribution is 6.83. The fourth-order valence-corrected chi connectivity index (χ4v) is 4.32. The van der Waals surface area contributed by atoms with E-state index in [-0.39, 0.29) is 5.41 Å². The molecule has 2 heteroatoms. The Labute approximate surface area is 76.6 Å². The maximum Gasteiger partial charge on any atom is 0.0756 e. The number of hydrogen-bond donors (Lipinski definition) is 0. The van der Waals surface area contributed by atoms with Crippen LogP contribution in [0.5, 0.6) is 0 Å². The van der Waals surface area contributed by atoms with Gasteiger partial charge in [-0.3, -0.25) is 4.99 Å². The highest BCUT2D eigenvalue weighted by Crippen LogP contribution is 2.38. The Kier molecular flexibility index (Phi) is 2.07. The van der Waals surface area contributed by atoms with Crippen LogP contribution in [0.3, 0.4) is 0 Å². The summed E-state index contributed by atoms with van der Waals surface area (Å²) < 4.78 is 0. The molecule has 0 aromatic rings. The maximum atomic E-state index is 4.43. The summed E-state index contributed by atoms with van der Waals surface area (Å²) in [6.07, 6.45) is 2.10. The summed E-state index contributed by atoms with van der Waals surface area (Å²) in [6.45, 7) is 13.8. The Hall–Kier alpha value is -0.373. The van der Waals surface area contributed by atoms with Crippen LogP contribution >= 0.6 is 0 Å². The number of nitrogens with zero attached hydrogens (tertiary/aromatic N) is 1. The topological polar surface area (TPSA) is 12.4 Å². The molecule has 1 heterocycles. The van der Waals surface area contributed by atoms with Crippen molar-refractivity contribution in [1.82, 2.24) is 0 Å². The zero-order chi connectivity index (χ0) is 9.57. The summed E-state index contributed by atoms with van der Waals surface area (Å²) in [4.78, 5) is 4.43. The van der Waals surface area contributed by atoms with Gasteiger partial charge in [0.1, 0.15) is 0 Å². The molecule has 0 radical (unpaired) electrons. The summed E-state index contributed by atoms with van der Waals surface area (Å²) in [5.74, 6) is 0. The third-order valence-electron chi connectivity index (χ3n) is 2.77. The van der Waals surface area contributed by atoms with E-state index >= 15 is 0 Å². The van der Waals surface area contributed by atoms with Gasteiger partial charge in [0.25, 0.3) is 0 Å². The van der Waals surface area contributed by atoms with Crippen molar-refractivity contribution in [2.75, 3.05) is 0 Å². The molecule has 0 aliphatic carbocycles. The van der Waals surface area contributed by atoms with Crippen molar-refractivity contribution in [1.29, 1.82) is 0 Å². The van der Waals surface area contributed by atoms with Crippen LogP contribution in [-0.2, 0) is 0 Å². The molecule has 12 heavy (non-hydrogen) atoms. The van der Waals surface area contributed by atoms with Gasteiger partial charge in [0.15, 0.2) is 0 Å². The van der Waals surface area contributed by atoms with E-state index in [0.29, 0.717) is 0 Å². The lowest BCUT2D eigenvalue weighted by Crippen LogP contribution is -2.35. The van der Waals surface area contributed by atoms with Gasteiger partial charge in [-0.1, -0.05) is 38.7 Å². The zero-order valence-corrected chi connectivity index (χ0v) is 10.0. The SMILES string of the molecule is CC1=NC=C([Si](C)(C)C)C1(C)C. The van der Waals surface area contributed by atoms with E-state index in [2.05, 4.69) is 51.6 Å². The molecule has 1 rings (SSSR count). The molecule has 0 saturated heterocycles. The molecule has 0 aromatic heterocycles. The molecule has 0 fully saturated rings. The predicted molar refractivity (Wildman–Crippen MR) is 58.3 cm³/mol. The average molecular weight is 181 g/mol. The lowest BCUT2D eigenvalue weighted by molar-refractivity contribution is 0.663. The zero-order valence-electron chi connectivity index (χ0n) is 9.02. The molecule has 68 valence electrons. The second-order valence-electron chi connectivity index (χ2n) is 5.13. The second kappa shape index (κ2) is 2.56. The van der Waals surface area contributed by atoms with Gasteiger partial charge in [-0.2, -0.15) is 0 Å². The number of aliphatic imine (C=N–C) groups is 1. The van der Waals surface area contributed by atoms with Crippen molar-refractivity contribution < 1.29 is 0 Å². The first kappa shape index (κ1) is 9.71. The molecular weight excluding hydrogens is 162 g/mol. The molecule has 1 aliphatic heterocycles. The molecule has 0 unspecified atom stereocenters. The predicted octanol–water partition coefficient (Wildman–Crippen LogP) is 3.25. The highest BCUT2D eigenvalue weighted by Gasteiger charge is 2.37. The van der Waals surface area contributed by atoms with Crippen molar-refractivity contribution in [3.05, 3.63) is 11.4 Å². The summed E-state index contributed by atoms with van der Waals surface area (Å²) in [7, 11) is -1.15. The van der Waals surface area contributed by atoms with Crippen molar-refractivity contribution in [3.63, 3.8) is 0 Å². The lowest BCUT2D eigenvalue weighted by atomic mass is 9.89. The Morgan fingerprint density at radius 3 is 1.92 bits per heavy atom. The molecule has 1 nitrogen and oxygen atoms in total. The molecule has 0 amide bonds. The Morgan fingerprint density at radius 1 is 1.25 bits per heavy atom. The monoisotopic (exact) mass is 181 g/mol. The Morgan fingerprint density at radius 2 is 1.75 bits per heavy atom. The van der Waals surface area contributed by atoms with Crippen LogP contribution in [0.15, 0.2) is 16.4 Å². The lowest BCUT2D eigenvalue weighted by Gasteiger charge is -2.31. The Balaban J connectivity index is 3.02. The van der Waals surface area contributed by atoms with Gasteiger partial charge in [-0.25, -0.2) is 0 Å². The minimum absolute atomic E-state index is 0.227. The van der Waals surface area contributed by atoms with Gasteiger partial charge in [-0.15, -0.1) is 0 Å². The molecule has 0 spiro atoms. The minimum atomic E-state index is -1.15. The summed E-state index contributed by atoms with van der Waals surface area (Å²) in [5, 5.41) is 1.58. The van der Waals surface area contributed by atoms with E-state index in [1.807, 2.05) is 0 Å². The number of allylic oxidation sites excluding steroid dienone is 1. The first-order valence-corrected chi connectivity index (χ1v) is 8.02. The van der Waals surface area contributed by atoms with Gasteiger partial charge in [-0.05, 0) is 6.92 Å². The maximum absolute atomic E-state index is 4.43. The van der Waals surface area contributed by atoms with Gasteiger partial charge in [0.05, 0.1) is 8.07 Å². The third-order valence-corrected chi connectivity index (χ3v) is 5.14. The van der Waals surface area contributed by atoms with Crippen LogP contribution in [0.2, 0.25) is 19.6 Å². The van der Waals surface area contributed by atoms with E-state index in [9.17, 15) is 0 Å². The van der Waals surface area contributed by atoms with Crippen LogP contribution in [0.25, 0.3) is 0 Å². The average Bonchev–Trinajstić information content (AvgIpc) is 2.06. The van der Waals surface area contributed by atoms with Crippen LogP contribution in [-0.4, -0.2) is 13.8 Å². The molecule has 0 bridgehead atoms. The van der Waals surface area contributed by atoms with Crippen molar-refractivity contribution in [3.8, 4) is 0 Å². The van der Waals surface area contributed by atoms with Crippen LogP contribution in [0.4, 0.5) is 0 Å². The molecular formula is C10H19NSi. The van der Waals surface area contributed by atoms with Crippen molar-refractivity contribution in [2.45, 2.75) is 40.4 Å². The molecule has 1 aliphatic rings. The van der Waals surface area contributed by atoms with E-state index in [1.165, 1.54) is 5.71 Å². The van der Waals surface area contributed by atoms with E-state index in [4.69, 9.17) is 0 Å². The fourth-order valence-electron chi connectivity index (χ4n) is 1.81. The smallest absolute Gasteiger partial charge is 0.0756 e. The standard InChI is InChI=1S/C10H19NSi/c1-8-10(2,3)9(7-11-8)12(4,5)6/h7H,1-6H3. The summed E-state index contributed by atoms with van der Waals surface area (Å²) >= 11 is 0. The third kappa shape index (κ3) is 1.40. The van der Waals surface area contributed by atoms with Gasteiger partial charge in [0.2, 0.25) is 0 Å². The van der Waals surface area contributed by atoms with Gasteiger partial charge < -0.3 is 0 Å². The van der Waals surface area contributed by atoms with Gasteiger partial charge in [0, 0.05) is 17.3 Å². The van der Waals surface area contributed by atoms with Crippen molar-refractivity contribution in [2.24, 2.45) is 10.4 Å². The first-order valence-electron chi connectivity index (χ1n) is 4.52. The molecule has 0 aromatic carbocycles. The first-order chi connectivity index (χ1) is 5.26. The highest BCUT2D eigenvalue weighted by atomic mass is 28.3. The normalized spacial score (nSPS) is 22.2. The van der Waals surface area contributed by atoms with Crippen LogP contribution < -0.4 is 0 Å². The Bertz CT molecular complexity index is 254.